The average Bonchev–Trinajstić information content (AvgIpc) is 2.65. The molecule has 142 valence electrons. The van der Waals surface area contributed by atoms with Crippen LogP contribution < -0.4 is 10.1 Å². The maximum absolute atomic E-state index is 11.5. The van der Waals surface area contributed by atoms with Crippen molar-refractivity contribution in [1.82, 2.24) is 5.32 Å². The van der Waals surface area contributed by atoms with Gasteiger partial charge in [0.15, 0.2) is 0 Å². The number of ether oxygens (including phenoxy) is 2. The quantitative estimate of drug-likeness (QED) is 0.334. The standard InChI is InChI=1S/C20H27NO4S/c1-3-4-5-16(10-12-24-2)11-13-25-18-8-6-17(7-9-18)14-19(26)20(23)21-15-22/h4-10,15,19,26H,3,11-14H2,1-2H3,(H,21,22,23)/b5-4-,16-10+. The second-order valence-corrected chi connectivity index (χ2v) is 6.26. The fraction of sp³-hybridized carbons (Fsp3) is 0.400. The van der Waals surface area contributed by atoms with Gasteiger partial charge in [0.05, 0.1) is 18.5 Å². The number of rotatable bonds is 12. The first-order valence-corrected chi connectivity index (χ1v) is 9.10. The molecule has 0 saturated carbocycles. The van der Waals surface area contributed by atoms with Crippen LogP contribution in [0.5, 0.6) is 5.75 Å². The van der Waals surface area contributed by atoms with Crippen LogP contribution in [0, 0.1) is 0 Å². The third-order valence-corrected chi connectivity index (χ3v) is 4.01. The first kappa shape index (κ1) is 22.0. The lowest BCUT2D eigenvalue weighted by Crippen LogP contribution is -2.31. The van der Waals surface area contributed by atoms with Crippen molar-refractivity contribution in [3.8, 4) is 5.75 Å². The molecule has 0 aliphatic heterocycles. The molecule has 1 rings (SSSR count). The molecule has 0 spiro atoms. The number of allylic oxidation sites excluding steroid dienone is 2. The first-order chi connectivity index (χ1) is 12.6. The molecule has 0 aromatic heterocycles. The molecule has 26 heavy (non-hydrogen) atoms. The number of methoxy groups -OCH3 is 1. The van der Waals surface area contributed by atoms with E-state index in [2.05, 4.69) is 43.1 Å². The van der Waals surface area contributed by atoms with Gasteiger partial charge in [-0.15, -0.1) is 0 Å². The van der Waals surface area contributed by atoms with E-state index in [4.69, 9.17) is 9.47 Å². The van der Waals surface area contributed by atoms with Gasteiger partial charge in [-0.2, -0.15) is 12.6 Å². The number of carbonyl (C=O) groups excluding carboxylic acids is 2. The zero-order valence-electron chi connectivity index (χ0n) is 15.3. The van der Waals surface area contributed by atoms with Crippen molar-refractivity contribution in [2.24, 2.45) is 0 Å². The van der Waals surface area contributed by atoms with Crippen molar-refractivity contribution in [3.05, 3.63) is 53.6 Å². The maximum Gasteiger partial charge on any atom is 0.239 e. The summed E-state index contributed by atoms with van der Waals surface area (Å²) in [6.07, 6.45) is 8.86. The Bertz CT molecular complexity index is 611. The van der Waals surface area contributed by atoms with E-state index in [1.165, 1.54) is 5.57 Å². The zero-order chi connectivity index (χ0) is 19.2. The maximum atomic E-state index is 11.5. The number of hydrogen-bond donors (Lipinski definition) is 2. The van der Waals surface area contributed by atoms with Crippen LogP contribution in [0.15, 0.2) is 48.1 Å². The van der Waals surface area contributed by atoms with Gasteiger partial charge in [-0.3, -0.25) is 14.9 Å². The molecule has 6 heteroatoms. The molecule has 1 atom stereocenters. The number of nitrogens with one attached hydrogen (secondary N) is 1. The van der Waals surface area contributed by atoms with E-state index in [9.17, 15) is 9.59 Å². The molecular weight excluding hydrogens is 350 g/mol. The van der Waals surface area contributed by atoms with Gasteiger partial charge in [0.25, 0.3) is 0 Å². The second kappa shape index (κ2) is 13.2. The van der Waals surface area contributed by atoms with Gasteiger partial charge < -0.3 is 9.47 Å². The van der Waals surface area contributed by atoms with Crippen LogP contribution in [0.4, 0.5) is 0 Å². The average molecular weight is 378 g/mol. The molecule has 0 heterocycles. The van der Waals surface area contributed by atoms with E-state index >= 15 is 0 Å². The highest BCUT2D eigenvalue weighted by molar-refractivity contribution is 7.81. The molecule has 0 aliphatic carbocycles. The Morgan fingerprint density at radius 1 is 1.31 bits per heavy atom. The molecule has 0 fully saturated rings. The molecule has 1 aromatic carbocycles. The molecule has 0 aliphatic rings. The normalized spacial score (nSPS) is 12.8. The minimum absolute atomic E-state index is 0.369. The van der Waals surface area contributed by atoms with E-state index in [-0.39, 0.29) is 0 Å². The van der Waals surface area contributed by atoms with Crippen LogP contribution >= 0.6 is 12.6 Å². The summed E-state index contributed by atoms with van der Waals surface area (Å²) < 4.78 is 10.9. The Balaban J connectivity index is 2.50. The number of hydrogen-bond acceptors (Lipinski definition) is 5. The van der Waals surface area contributed by atoms with Crippen molar-refractivity contribution in [2.45, 2.75) is 31.4 Å². The van der Waals surface area contributed by atoms with E-state index in [0.717, 1.165) is 24.2 Å². The smallest absolute Gasteiger partial charge is 0.239 e. The molecule has 0 radical (unpaired) electrons. The van der Waals surface area contributed by atoms with E-state index in [0.29, 0.717) is 26.0 Å². The van der Waals surface area contributed by atoms with Crippen LogP contribution in [0.1, 0.15) is 25.3 Å². The van der Waals surface area contributed by atoms with E-state index in [1.54, 1.807) is 7.11 Å². The van der Waals surface area contributed by atoms with Crippen LogP contribution in [-0.4, -0.2) is 37.9 Å². The highest BCUT2D eigenvalue weighted by Gasteiger charge is 2.13. The third kappa shape index (κ3) is 8.87. The lowest BCUT2D eigenvalue weighted by molar-refractivity contribution is -0.124. The number of amides is 2. The van der Waals surface area contributed by atoms with E-state index in [1.807, 2.05) is 24.3 Å². The van der Waals surface area contributed by atoms with Gasteiger partial charge in [-0.25, -0.2) is 0 Å². The second-order valence-electron chi connectivity index (χ2n) is 5.63. The summed E-state index contributed by atoms with van der Waals surface area (Å²) in [5.74, 6) is 0.367. The lowest BCUT2D eigenvalue weighted by Gasteiger charge is -2.10. The summed E-state index contributed by atoms with van der Waals surface area (Å²) in [6.45, 7) is 3.25. The van der Waals surface area contributed by atoms with Gasteiger partial charge in [-0.1, -0.05) is 37.3 Å². The fourth-order valence-electron chi connectivity index (χ4n) is 2.19. The highest BCUT2D eigenvalue weighted by atomic mass is 32.1. The Labute approximate surface area is 160 Å². The summed E-state index contributed by atoms with van der Waals surface area (Å²) in [7, 11) is 1.67. The van der Waals surface area contributed by atoms with Crippen LogP contribution in [0.3, 0.4) is 0 Å². The number of imide groups is 1. The van der Waals surface area contributed by atoms with Crippen LogP contribution in [-0.2, 0) is 20.7 Å². The minimum Gasteiger partial charge on any atom is -0.493 e. The van der Waals surface area contributed by atoms with Crippen molar-refractivity contribution in [2.75, 3.05) is 20.3 Å². The number of benzene rings is 1. The largest absolute Gasteiger partial charge is 0.493 e. The summed E-state index contributed by atoms with van der Waals surface area (Å²) in [5, 5.41) is 1.54. The molecule has 1 N–H and O–H groups in total. The summed E-state index contributed by atoms with van der Waals surface area (Å²) in [4.78, 5) is 21.8. The Morgan fingerprint density at radius 2 is 2.04 bits per heavy atom. The van der Waals surface area contributed by atoms with Crippen LogP contribution in [0.2, 0.25) is 0 Å². The molecule has 0 bridgehead atoms. The monoisotopic (exact) mass is 377 g/mol. The van der Waals surface area contributed by atoms with Crippen molar-refractivity contribution < 1.29 is 19.1 Å². The molecule has 1 aromatic rings. The minimum atomic E-state index is -0.564. The summed E-state index contributed by atoms with van der Waals surface area (Å²) >= 11 is 4.21. The molecule has 2 amide bonds. The van der Waals surface area contributed by atoms with Gasteiger partial charge in [0, 0.05) is 13.5 Å². The van der Waals surface area contributed by atoms with Gasteiger partial charge in [-0.05, 0) is 36.1 Å². The molecular formula is C20H27NO4S. The molecule has 1 unspecified atom stereocenters. The first-order valence-electron chi connectivity index (χ1n) is 8.59. The van der Waals surface area contributed by atoms with Gasteiger partial charge in [0.2, 0.25) is 12.3 Å². The highest BCUT2D eigenvalue weighted by Crippen LogP contribution is 2.16. The van der Waals surface area contributed by atoms with Crippen molar-refractivity contribution in [3.63, 3.8) is 0 Å². The van der Waals surface area contributed by atoms with Crippen molar-refractivity contribution in [1.29, 1.82) is 0 Å². The van der Waals surface area contributed by atoms with E-state index < -0.39 is 11.2 Å². The topological polar surface area (TPSA) is 64.6 Å². The van der Waals surface area contributed by atoms with Crippen LogP contribution in [0.25, 0.3) is 0 Å². The predicted octanol–water partition coefficient (Wildman–Crippen LogP) is 3.11. The van der Waals surface area contributed by atoms with Gasteiger partial charge >= 0.3 is 0 Å². The molecule has 5 nitrogen and oxygen atoms in total. The van der Waals surface area contributed by atoms with Crippen molar-refractivity contribution >= 4 is 24.9 Å². The summed E-state index contributed by atoms with van der Waals surface area (Å²) in [6, 6.07) is 7.53. The number of carbonyl (C=O) groups is 2. The molecule has 0 saturated heterocycles. The zero-order valence-corrected chi connectivity index (χ0v) is 16.2. The Kier molecular flexibility index (Phi) is 11.2. The third-order valence-electron chi connectivity index (χ3n) is 3.60. The fourth-order valence-corrected chi connectivity index (χ4v) is 2.48. The summed E-state index contributed by atoms with van der Waals surface area (Å²) in [5.41, 5.74) is 2.13. The Morgan fingerprint density at radius 3 is 2.65 bits per heavy atom. The SMILES string of the molecule is CC/C=C\C(=C/COC)CCOc1ccc(CC(S)C(=O)NC=O)cc1. The Hall–Kier alpha value is -2.05. The lowest BCUT2D eigenvalue weighted by atomic mass is 10.1. The number of thiol groups is 1. The predicted molar refractivity (Wildman–Crippen MR) is 107 cm³/mol. The van der Waals surface area contributed by atoms with Gasteiger partial charge in [0.1, 0.15) is 5.75 Å².